The smallest absolute Gasteiger partial charge is 0.223 e. The molecule has 76 valence electrons. The van der Waals surface area contributed by atoms with Crippen LogP contribution in [0.4, 0.5) is 5.69 Å². The van der Waals surface area contributed by atoms with Gasteiger partial charge >= 0.3 is 0 Å². The van der Waals surface area contributed by atoms with E-state index >= 15 is 0 Å². The standard InChI is InChI=1S/C9H12ClN3S/c10-9-12-5-7(11)8(13-9)14-6-3-1-2-4-6/h5-6H,1-4,11H2. The van der Waals surface area contributed by atoms with Crippen LogP contribution in [0.3, 0.4) is 0 Å². The molecule has 1 aliphatic rings. The zero-order valence-corrected chi connectivity index (χ0v) is 9.31. The Labute approximate surface area is 92.5 Å². The summed E-state index contributed by atoms with van der Waals surface area (Å²) in [5.74, 6) is 0. The highest BCUT2D eigenvalue weighted by molar-refractivity contribution is 8.00. The lowest BCUT2D eigenvalue weighted by atomic mass is 10.4. The fraction of sp³-hybridized carbons (Fsp3) is 0.556. The quantitative estimate of drug-likeness (QED) is 0.626. The van der Waals surface area contributed by atoms with E-state index in [-0.39, 0.29) is 5.28 Å². The van der Waals surface area contributed by atoms with E-state index in [9.17, 15) is 0 Å². The van der Waals surface area contributed by atoms with Crippen molar-refractivity contribution in [2.24, 2.45) is 0 Å². The van der Waals surface area contributed by atoms with Crippen LogP contribution in [0.25, 0.3) is 0 Å². The molecule has 1 aromatic heterocycles. The Balaban J connectivity index is 2.10. The van der Waals surface area contributed by atoms with Crippen molar-refractivity contribution in [1.29, 1.82) is 0 Å². The third-order valence-corrected chi connectivity index (χ3v) is 3.87. The van der Waals surface area contributed by atoms with E-state index < -0.39 is 0 Å². The fourth-order valence-corrected chi connectivity index (χ4v) is 3.01. The van der Waals surface area contributed by atoms with E-state index in [1.807, 2.05) is 0 Å². The predicted molar refractivity (Wildman–Crippen MR) is 59.6 cm³/mol. The highest BCUT2D eigenvalue weighted by atomic mass is 35.5. The summed E-state index contributed by atoms with van der Waals surface area (Å²) >= 11 is 7.44. The second kappa shape index (κ2) is 4.36. The van der Waals surface area contributed by atoms with Crippen LogP contribution < -0.4 is 5.73 Å². The highest BCUT2D eigenvalue weighted by Crippen LogP contribution is 2.36. The molecule has 0 aliphatic heterocycles. The van der Waals surface area contributed by atoms with Crippen LogP contribution in [0, 0.1) is 0 Å². The Morgan fingerprint density at radius 2 is 2.14 bits per heavy atom. The second-order valence-corrected chi connectivity index (χ2v) is 5.05. The van der Waals surface area contributed by atoms with Gasteiger partial charge in [0.25, 0.3) is 0 Å². The molecule has 0 spiro atoms. The van der Waals surface area contributed by atoms with Gasteiger partial charge in [0.05, 0.1) is 11.9 Å². The summed E-state index contributed by atoms with van der Waals surface area (Å²) in [4.78, 5) is 7.96. The molecule has 0 amide bonds. The number of rotatable bonds is 2. The Bertz CT molecular complexity index is 326. The largest absolute Gasteiger partial charge is 0.395 e. The van der Waals surface area contributed by atoms with Crippen LogP contribution >= 0.6 is 23.4 Å². The number of nitrogens with two attached hydrogens (primary N) is 1. The molecule has 0 saturated heterocycles. The van der Waals surface area contributed by atoms with Crippen LogP contribution in [0.5, 0.6) is 0 Å². The maximum Gasteiger partial charge on any atom is 0.223 e. The van der Waals surface area contributed by atoms with E-state index in [2.05, 4.69) is 9.97 Å². The van der Waals surface area contributed by atoms with Gasteiger partial charge < -0.3 is 5.73 Å². The number of hydrogen-bond acceptors (Lipinski definition) is 4. The third-order valence-electron chi connectivity index (χ3n) is 2.33. The highest BCUT2D eigenvalue weighted by Gasteiger charge is 2.18. The monoisotopic (exact) mass is 229 g/mol. The van der Waals surface area contributed by atoms with Gasteiger partial charge in [-0.3, -0.25) is 0 Å². The van der Waals surface area contributed by atoms with Crippen molar-refractivity contribution in [2.45, 2.75) is 36.0 Å². The minimum Gasteiger partial charge on any atom is -0.395 e. The van der Waals surface area contributed by atoms with Gasteiger partial charge in [-0.25, -0.2) is 9.97 Å². The van der Waals surface area contributed by atoms with Gasteiger partial charge in [-0.1, -0.05) is 12.8 Å². The number of nitrogen functional groups attached to an aromatic ring is 1. The molecule has 0 atom stereocenters. The molecule has 1 fully saturated rings. The zero-order chi connectivity index (χ0) is 9.97. The summed E-state index contributed by atoms with van der Waals surface area (Å²) in [6.07, 6.45) is 6.72. The maximum atomic E-state index is 5.76. The van der Waals surface area contributed by atoms with E-state index in [4.69, 9.17) is 17.3 Å². The van der Waals surface area contributed by atoms with E-state index in [1.165, 1.54) is 25.7 Å². The Morgan fingerprint density at radius 3 is 2.86 bits per heavy atom. The number of hydrogen-bond donors (Lipinski definition) is 1. The topological polar surface area (TPSA) is 51.8 Å². The first kappa shape index (κ1) is 10.1. The molecule has 0 bridgehead atoms. The van der Waals surface area contributed by atoms with Crippen molar-refractivity contribution in [3.63, 3.8) is 0 Å². The predicted octanol–water partition coefficient (Wildman–Crippen LogP) is 2.75. The molecule has 0 radical (unpaired) electrons. The first-order chi connectivity index (χ1) is 6.75. The van der Waals surface area contributed by atoms with Gasteiger partial charge in [0.15, 0.2) is 0 Å². The van der Waals surface area contributed by atoms with Crippen molar-refractivity contribution >= 4 is 29.1 Å². The molecule has 0 aromatic carbocycles. The van der Waals surface area contributed by atoms with Crippen molar-refractivity contribution in [1.82, 2.24) is 9.97 Å². The van der Waals surface area contributed by atoms with Crippen LogP contribution in [0.15, 0.2) is 11.2 Å². The SMILES string of the molecule is Nc1cnc(Cl)nc1SC1CCCC1. The summed E-state index contributed by atoms with van der Waals surface area (Å²) in [5.41, 5.74) is 6.39. The Kier molecular flexibility index (Phi) is 3.13. The molecule has 0 unspecified atom stereocenters. The van der Waals surface area contributed by atoms with Crippen LogP contribution in [0.1, 0.15) is 25.7 Å². The lowest BCUT2D eigenvalue weighted by Crippen LogP contribution is -1.99. The van der Waals surface area contributed by atoms with Gasteiger partial charge in [-0.15, -0.1) is 11.8 Å². The fourth-order valence-electron chi connectivity index (χ4n) is 1.61. The van der Waals surface area contributed by atoms with Gasteiger partial charge in [-0.2, -0.15) is 0 Å². The molecule has 2 N–H and O–H groups in total. The maximum absolute atomic E-state index is 5.76. The first-order valence-electron chi connectivity index (χ1n) is 4.70. The average Bonchev–Trinajstić information content (AvgIpc) is 2.64. The van der Waals surface area contributed by atoms with Crippen molar-refractivity contribution in [3.8, 4) is 0 Å². The molecular formula is C9H12ClN3S. The Hall–Kier alpha value is -0.480. The Morgan fingerprint density at radius 1 is 1.43 bits per heavy atom. The van der Waals surface area contributed by atoms with Gasteiger partial charge in [0.1, 0.15) is 5.03 Å². The summed E-state index contributed by atoms with van der Waals surface area (Å²) < 4.78 is 0. The molecule has 14 heavy (non-hydrogen) atoms. The molecule has 1 aromatic rings. The lowest BCUT2D eigenvalue weighted by molar-refractivity contribution is 0.886. The first-order valence-corrected chi connectivity index (χ1v) is 5.96. The lowest BCUT2D eigenvalue weighted by Gasteiger charge is -2.09. The second-order valence-electron chi connectivity index (χ2n) is 3.42. The van der Waals surface area contributed by atoms with Crippen molar-refractivity contribution in [3.05, 3.63) is 11.5 Å². The van der Waals surface area contributed by atoms with Crippen LogP contribution in [0.2, 0.25) is 5.28 Å². The van der Waals surface area contributed by atoms with Crippen molar-refractivity contribution < 1.29 is 0 Å². The minimum absolute atomic E-state index is 0.277. The summed E-state index contributed by atoms with van der Waals surface area (Å²) in [5, 5.41) is 1.76. The number of aromatic nitrogens is 2. The minimum atomic E-state index is 0.277. The summed E-state index contributed by atoms with van der Waals surface area (Å²) in [7, 11) is 0. The number of nitrogens with zero attached hydrogens (tertiary/aromatic N) is 2. The zero-order valence-electron chi connectivity index (χ0n) is 7.74. The normalized spacial score (nSPS) is 17.5. The third kappa shape index (κ3) is 2.30. The van der Waals surface area contributed by atoms with Crippen molar-refractivity contribution in [2.75, 3.05) is 5.73 Å². The number of thioether (sulfide) groups is 1. The number of halogens is 1. The molecule has 2 rings (SSSR count). The number of anilines is 1. The molecule has 1 aliphatic carbocycles. The molecule has 5 heteroatoms. The van der Waals surface area contributed by atoms with E-state index in [1.54, 1.807) is 18.0 Å². The molecular weight excluding hydrogens is 218 g/mol. The van der Waals surface area contributed by atoms with E-state index in [0.717, 1.165) is 5.03 Å². The van der Waals surface area contributed by atoms with Gasteiger partial charge in [0, 0.05) is 5.25 Å². The summed E-state index contributed by atoms with van der Waals surface area (Å²) in [6, 6.07) is 0. The summed E-state index contributed by atoms with van der Waals surface area (Å²) in [6.45, 7) is 0. The van der Waals surface area contributed by atoms with Crippen LogP contribution in [-0.2, 0) is 0 Å². The molecule has 1 saturated carbocycles. The average molecular weight is 230 g/mol. The van der Waals surface area contributed by atoms with E-state index in [0.29, 0.717) is 10.9 Å². The van der Waals surface area contributed by atoms with Gasteiger partial charge in [0.2, 0.25) is 5.28 Å². The molecule has 1 heterocycles. The van der Waals surface area contributed by atoms with Gasteiger partial charge in [-0.05, 0) is 24.4 Å². The molecule has 3 nitrogen and oxygen atoms in total. The van der Waals surface area contributed by atoms with Crippen LogP contribution in [-0.4, -0.2) is 15.2 Å².